The quantitative estimate of drug-likeness (QED) is 0.684. The van der Waals surface area contributed by atoms with E-state index < -0.39 is 0 Å². The molecular formula is C15H23N. The fourth-order valence-electron chi connectivity index (χ4n) is 1.41. The van der Waals surface area contributed by atoms with Crippen molar-refractivity contribution in [3.8, 4) is 6.07 Å². The summed E-state index contributed by atoms with van der Waals surface area (Å²) in [6.45, 7) is 12.6. The Morgan fingerprint density at radius 2 is 1.75 bits per heavy atom. The molecule has 0 saturated heterocycles. The average molecular weight is 217 g/mol. The van der Waals surface area contributed by atoms with E-state index in [2.05, 4.69) is 52.0 Å². The lowest BCUT2D eigenvalue weighted by atomic mass is 9.85. The van der Waals surface area contributed by atoms with Crippen molar-refractivity contribution in [3.63, 3.8) is 0 Å². The molecule has 0 fully saturated rings. The topological polar surface area (TPSA) is 23.8 Å². The van der Waals surface area contributed by atoms with Crippen LogP contribution in [0.1, 0.15) is 51.3 Å². The Kier molecular flexibility index (Phi) is 5.82. The predicted octanol–water partition coefficient (Wildman–Crippen LogP) is 4.38. The van der Waals surface area contributed by atoms with E-state index in [0.29, 0.717) is 6.42 Å². The Bertz CT molecular complexity index is 364. The highest BCUT2D eigenvalue weighted by molar-refractivity contribution is 5.35. The summed E-state index contributed by atoms with van der Waals surface area (Å²) in [7, 11) is 0. The predicted molar refractivity (Wildman–Crippen MR) is 70.5 cm³/mol. The highest BCUT2D eigenvalue weighted by Gasteiger charge is 2.14. The first kappa shape index (κ1) is 14.7. The van der Waals surface area contributed by atoms with E-state index in [4.69, 9.17) is 5.26 Å². The molecule has 0 atom stereocenters. The first-order chi connectivity index (χ1) is 7.45. The molecule has 0 N–H and O–H groups in total. The normalized spacial score (nSPS) is 10.1. The fraction of sp³-hybridized carbons (Fsp3) is 0.533. The molecule has 0 bridgehead atoms. The van der Waals surface area contributed by atoms with Gasteiger partial charge in [0.25, 0.3) is 0 Å². The van der Waals surface area contributed by atoms with Crippen molar-refractivity contribution in [2.24, 2.45) is 0 Å². The largest absolute Gasteiger partial charge is 0.198 e. The number of hydrogen-bond donors (Lipinski definition) is 0. The summed E-state index contributed by atoms with van der Waals surface area (Å²) in [4.78, 5) is 0. The van der Waals surface area contributed by atoms with Crippen molar-refractivity contribution in [2.45, 2.75) is 53.4 Å². The van der Waals surface area contributed by atoms with Crippen LogP contribution in [0.4, 0.5) is 0 Å². The molecule has 0 spiro atoms. The lowest BCUT2D eigenvalue weighted by Crippen LogP contribution is -2.11. The Labute approximate surface area is 100 Å². The molecule has 88 valence electrons. The molecule has 0 radical (unpaired) electrons. The number of aryl methyl sites for hydroxylation is 1. The minimum absolute atomic E-state index is 0.165. The van der Waals surface area contributed by atoms with Gasteiger partial charge in [0.15, 0.2) is 0 Å². The molecule has 0 aliphatic rings. The van der Waals surface area contributed by atoms with Crippen molar-refractivity contribution in [2.75, 3.05) is 0 Å². The van der Waals surface area contributed by atoms with Gasteiger partial charge in [-0.15, -0.1) is 0 Å². The Balaban J connectivity index is 0.00000106. The fourth-order valence-corrected chi connectivity index (χ4v) is 1.41. The second kappa shape index (κ2) is 6.33. The van der Waals surface area contributed by atoms with Crippen LogP contribution >= 0.6 is 0 Å². The first-order valence-corrected chi connectivity index (χ1v) is 5.92. The van der Waals surface area contributed by atoms with E-state index in [1.807, 2.05) is 13.8 Å². The Hall–Kier alpha value is -1.29. The van der Waals surface area contributed by atoms with Crippen LogP contribution in [0.2, 0.25) is 0 Å². The van der Waals surface area contributed by atoms with Gasteiger partial charge in [0.1, 0.15) is 0 Å². The van der Waals surface area contributed by atoms with Gasteiger partial charge in [-0.3, -0.25) is 0 Å². The molecule has 0 aromatic heterocycles. The summed E-state index contributed by atoms with van der Waals surface area (Å²) in [6.07, 6.45) is 0.510. The van der Waals surface area contributed by atoms with Crippen LogP contribution in [0, 0.1) is 18.3 Å². The van der Waals surface area contributed by atoms with Gasteiger partial charge in [0.2, 0.25) is 0 Å². The minimum Gasteiger partial charge on any atom is -0.198 e. The summed E-state index contributed by atoms with van der Waals surface area (Å²) in [5.41, 5.74) is 3.82. The zero-order valence-corrected chi connectivity index (χ0v) is 11.4. The number of hydrogen-bond acceptors (Lipinski definition) is 1. The maximum absolute atomic E-state index is 8.69. The average Bonchev–Trinajstić information content (AvgIpc) is 2.23. The monoisotopic (exact) mass is 217 g/mol. The third-order valence-corrected chi connectivity index (χ3v) is 2.48. The van der Waals surface area contributed by atoms with Gasteiger partial charge in [-0.05, 0) is 29.0 Å². The third kappa shape index (κ3) is 4.06. The van der Waals surface area contributed by atoms with Crippen molar-refractivity contribution < 1.29 is 0 Å². The molecule has 1 aromatic carbocycles. The lowest BCUT2D eigenvalue weighted by molar-refractivity contribution is 0.589. The van der Waals surface area contributed by atoms with E-state index >= 15 is 0 Å². The Morgan fingerprint density at radius 1 is 1.19 bits per heavy atom. The molecule has 1 rings (SSSR count). The number of rotatable bonds is 1. The summed E-state index contributed by atoms with van der Waals surface area (Å²) >= 11 is 0. The molecule has 1 heteroatoms. The standard InChI is InChI=1S/C13H17N.C2H6/c1-10-5-6-12(13(2,3)4)9-11(10)7-8-14;1-2/h5-6,9H,7H2,1-4H3;1-2H3. The van der Waals surface area contributed by atoms with Crippen molar-refractivity contribution >= 4 is 0 Å². The molecule has 1 aromatic rings. The van der Waals surface area contributed by atoms with Gasteiger partial charge in [-0.1, -0.05) is 52.8 Å². The van der Waals surface area contributed by atoms with Gasteiger partial charge < -0.3 is 0 Å². The maximum atomic E-state index is 8.69. The number of nitriles is 1. The summed E-state index contributed by atoms with van der Waals surface area (Å²) in [5, 5.41) is 8.69. The molecule has 0 unspecified atom stereocenters. The van der Waals surface area contributed by atoms with Crippen LogP contribution in [0.15, 0.2) is 18.2 Å². The highest BCUT2D eigenvalue weighted by Crippen LogP contribution is 2.24. The van der Waals surface area contributed by atoms with Gasteiger partial charge in [-0.25, -0.2) is 0 Å². The minimum atomic E-state index is 0.165. The number of benzene rings is 1. The van der Waals surface area contributed by atoms with Crippen LogP contribution in [0.25, 0.3) is 0 Å². The molecule has 0 aliphatic carbocycles. The van der Waals surface area contributed by atoms with Crippen LogP contribution in [0.5, 0.6) is 0 Å². The second-order valence-electron chi connectivity index (χ2n) is 4.73. The zero-order chi connectivity index (χ0) is 12.8. The third-order valence-electron chi connectivity index (χ3n) is 2.48. The molecule has 1 nitrogen and oxygen atoms in total. The molecule has 16 heavy (non-hydrogen) atoms. The molecule has 0 heterocycles. The summed E-state index contributed by atoms with van der Waals surface area (Å²) in [5.74, 6) is 0. The number of nitrogens with zero attached hydrogens (tertiary/aromatic N) is 1. The maximum Gasteiger partial charge on any atom is 0.0669 e. The second-order valence-corrected chi connectivity index (χ2v) is 4.73. The Morgan fingerprint density at radius 3 is 2.19 bits per heavy atom. The van der Waals surface area contributed by atoms with Crippen LogP contribution in [-0.4, -0.2) is 0 Å². The molecular weight excluding hydrogens is 194 g/mol. The van der Waals surface area contributed by atoms with E-state index in [0.717, 1.165) is 5.56 Å². The zero-order valence-electron chi connectivity index (χ0n) is 11.4. The van der Waals surface area contributed by atoms with Gasteiger partial charge in [-0.2, -0.15) is 5.26 Å². The van der Waals surface area contributed by atoms with Gasteiger partial charge in [0.05, 0.1) is 12.5 Å². The van der Waals surface area contributed by atoms with Crippen molar-refractivity contribution in [1.29, 1.82) is 5.26 Å². The van der Waals surface area contributed by atoms with E-state index in [-0.39, 0.29) is 5.41 Å². The van der Waals surface area contributed by atoms with Crippen molar-refractivity contribution in [1.82, 2.24) is 0 Å². The van der Waals surface area contributed by atoms with Crippen LogP contribution < -0.4 is 0 Å². The van der Waals surface area contributed by atoms with Crippen molar-refractivity contribution in [3.05, 3.63) is 34.9 Å². The van der Waals surface area contributed by atoms with Gasteiger partial charge in [0, 0.05) is 0 Å². The van der Waals surface area contributed by atoms with E-state index in [1.165, 1.54) is 11.1 Å². The smallest absolute Gasteiger partial charge is 0.0669 e. The van der Waals surface area contributed by atoms with E-state index in [9.17, 15) is 0 Å². The highest BCUT2D eigenvalue weighted by atomic mass is 14.2. The first-order valence-electron chi connectivity index (χ1n) is 5.92. The van der Waals surface area contributed by atoms with Gasteiger partial charge >= 0.3 is 0 Å². The molecule has 0 amide bonds. The summed E-state index contributed by atoms with van der Waals surface area (Å²) in [6, 6.07) is 8.61. The van der Waals surface area contributed by atoms with E-state index in [1.54, 1.807) is 0 Å². The van der Waals surface area contributed by atoms with Crippen LogP contribution in [-0.2, 0) is 11.8 Å². The van der Waals surface area contributed by atoms with Crippen LogP contribution in [0.3, 0.4) is 0 Å². The summed E-state index contributed by atoms with van der Waals surface area (Å²) < 4.78 is 0. The SMILES string of the molecule is CC.Cc1ccc(C(C)(C)C)cc1CC#N. The molecule has 0 aliphatic heterocycles. The molecule has 0 saturated carbocycles. The lowest BCUT2D eigenvalue weighted by Gasteiger charge is -2.20.